The Hall–Kier alpha value is -0.122. The van der Waals surface area contributed by atoms with Crippen molar-refractivity contribution >= 4 is 35.1 Å². The van der Waals surface area contributed by atoms with Crippen molar-refractivity contribution in [3.8, 4) is 5.75 Å². The molecule has 5 nitrogen and oxygen atoms in total. The molecule has 1 aromatic carbocycles. The van der Waals surface area contributed by atoms with E-state index in [0.717, 1.165) is 52.8 Å². The molecule has 0 bridgehead atoms. The number of halogens is 2. The predicted molar refractivity (Wildman–Crippen MR) is 58.5 cm³/mol. The molecule has 0 radical (unpaired) electrons. The normalized spacial score (nSPS) is 7.94. The number of aliphatic carboxylic acids is 2. The standard InChI is InChI=1S/C6H4Cl2O.2C2H4O2.Sm/c7-4-1-2-6(9)5(8)3-4;2*1-2(3)4;/h1-3,9H;2*1H3,(H,3,4);/q;;;+3/p-3. The number of carboxylic acid groups (broad SMARTS) is 2. The van der Waals surface area contributed by atoms with Gasteiger partial charge in [-0.1, -0.05) is 0 Å². The third kappa shape index (κ3) is 15.9. The molecule has 18 heavy (non-hydrogen) atoms. The SMILES string of the molecule is CC(=O)[O-].CC(=O)[O-].Clc1ccc([O][Sm+2])c(Cl)c1. The van der Waals surface area contributed by atoms with Crippen LogP contribution in [-0.4, -0.2) is 11.9 Å². The third-order valence-electron chi connectivity index (χ3n) is 0.984. The summed E-state index contributed by atoms with van der Waals surface area (Å²) in [6.07, 6.45) is 0. The maximum atomic E-state index is 8.89. The fourth-order valence-electron chi connectivity index (χ4n) is 0.543. The molecule has 1 aromatic rings. The van der Waals surface area contributed by atoms with Gasteiger partial charge >= 0.3 is 97.2 Å². The molecule has 0 N–H and O–H groups in total. The van der Waals surface area contributed by atoms with Crippen LogP contribution in [0.2, 0.25) is 10.0 Å². The molecule has 0 amide bonds. The van der Waals surface area contributed by atoms with Gasteiger partial charge in [0.15, 0.2) is 0 Å². The molecular weight excluding hydrogens is 421 g/mol. The first-order chi connectivity index (χ1) is 8.20. The van der Waals surface area contributed by atoms with Crippen molar-refractivity contribution in [2.45, 2.75) is 13.8 Å². The summed E-state index contributed by atoms with van der Waals surface area (Å²) < 4.78 is 4.99. The molecule has 0 heterocycles. The van der Waals surface area contributed by atoms with Crippen LogP contribution in [0.25, 0.3) is 0 Å². The van der Waals surface area contributed by atoms with Crippen LogP contribution in [0.1, 0.15) is 13.8 Å². The number of carbonyl (C=O) groups is 2. The molecule has 0 aliphatic carbocycles. The van der Waals surface area contributed by atoms with Gasteiger partial charge in [0.2, 0.25) is 0 Å². The molecule has 0 aliphatic rings. The van der Waals surface area contributed by atoms with Crippen LogP contribution >= 0.6 is 23.2 Å². The average molecular weight is 430 g/mol. The van der Waals surface area contributed by atoms with E-state index in [4.69, 9.17) is 44.1 Å². The zero-order valence-electron chi connectivity index (χ0n) is 9.44. The first-order valence-corrected chi connectivity index (χ1v) is 6.13. The number of carboxylic acids is 2. The van der Waals surface area contributed by atoms with Gasteiger partial charge in [-0.05, 0) is 13.8 Å². The molecule has 0 atom stereocenters. The van der Waals surface area contributed by atoms with Crippen LogP contribution in [0.3, 0.4) is 0 Å². The number of carbonyl (C=O) groups excluding carboxylic acids is 2. The summed E-state index contributed by atoms with van der Waals surface area (Å²) in [6.45, 7) is 1.94. The van der Waals surface area contributed by atoms with E-state index in [1.807, 2.05) is 0 Å². The predicted octanol–water partition coefficient (Wildman–Crippen LogP) is 0.349. The Morgan fingerprint density at radius 3 is 1.83 bits per heavy atom. The van der Waals surface area contributed by atoms with Crippen LogP contribution in [0, 0.1) is 38.9 Å². The first-order valence-electron chi connectivity index (χ1n) is 4.30. The topological polar surface area (TPSA) is 89.5 Å². The second-order valence-corrected chi connectivity index (χ2v) is 4.02. The zero-order valence-corrected chi connectivity index (χ0v) is 13.6. The van der Waals surface area contributed by atoms with Gasteiger partial charge in [-0.3, -0.25) is 0 Å². The van der Waals surface area contributed by atoms with E-state index < -0.39 is 11.9 Å². The Balaban J connectivity index is 0. The summed E-state index contributed by atoms with van der Waals surface area (Å²) in [7, 11) is 0. The van der Waals surface area contributed by atoms with Gasteiger partial charge in [0, 0.05) is 11.9 Å². The summed E-state index contributed by atoms with van der Waals surface area (Å²) in [5.74, 6) is -1.49. The van der Waals surface area contributed by atoms with Gasteiger partial charge in [0.05, 0.1) is 0 Å². The number of hydrogen-bond donors (Lipinski definition) is 0. The summed E-state index contributed by atoms with van der Waals surface area (Å²) >= 11 is 12.4. The van der Waals surface area contributed by atoms with E-state index in [0.29, 0.717) is 15.8 Å². The van der Waals surface area contributed by atoms with Gasteiger partial charge in [0.25, 0.3) is 0 Å². The number of benzene rings is 1. The zero-order chi connectivity index (χ0) is 14.7. The van der Waals surface area contributed by atoms with Crippen LogP contribution in [-0.2, 0) is 9.59 Å². The molecule has 0 aromatic heterocycles. The molecule has 99 valence electrons. The monoisotopic (exact) mass is 431 g/mol. The summed E-state index contributed by atoms with van der Waals surface area (Å²) in [4.78, 5) is 17.8. The van der Waals surface area contributed by atoms with Crippen molar-refractivity contribution in [1.29, 1.82) is 0 Å². The van der Waals surface area contributed by atoms with Gasteiger partial charge in [-0.15, -0.1) is 0 Å². The Bertz CT molecular complexity index is 378. The van der Waals surface area contributed by atoms with E-state index in [-0.39, 0.29) is 0 Å². The van der Waals surface area contributed by atoms with Gasteiger partial charge in [-0.2, -0.15) is 0 Å². The molecular formula is C10H9Cl2O5Sm. The quantitative estimate of drug-likeness (QED) is 0.642. The molecule has 0 unspecified atom stereocenters. The minimum absolute atomic E-state index is 0.558. The average Bonchev–Trinajstić information content (AvgIpc) is 2.15. The first kappa shape index (κ1) is 20.2. The molecule has 0 aliphatic heterocycles. The molecule has 0 saturated heterocycles. The number of hydrogen-bond acceptors (Lipinski definition) is 5. The molecule has 0 spiro atoms. The van der Waals surface area contributed by atoms with E-state index in [2.05, 4.69) is 0 Å². The molecule has 1 rings (SSSR count). The number of rotatable bonds is 1. The Labute approximate surface area is 141 Å². The third-order valence-corrected chi connectivity index (χ3v) is 2.09. The molecule has 0 fully saturated rings. The van der Waals surface area contributed by atoms with Gasteiger partial charge < -0.3 is 19.8 Å². The summed E-state index contributed by atoms with van der Waals surface area (Å²) in [5, 5.41) is 19.0. The second kappa shape index (κ2) is 11.9. The minimum atomic E-state index is -1.08. The van der Waals surface area contributed by atoms with Crippen molar-refractivity contribution in [2.24, 2.45) is 0 Å². The van der Waals surface area contributed by atoms with Crippen molar-refractivity contribution < 1.29 is 59.8 Å². The van der Waals surface area contributed by atoms with Crippen LogP contribution in [0.4, 0.5) is 0 Å². The van der Waals surface area contributed by atoms with Crippen LogP contribution < -0.4 is 11.3 Å². The summed E-state index contributed by atoms with van der Waals surface area (Å²) in [5.41, 5.74) is 0. The van der Waals surface area contributed by atoms with E-state index >= 15 is 0 Å². The van der Waals surface area contributed by atoms with Crippen molar-refractivity contribution in [2.75, 3.05) is 0 Å². The second-order valence-electron chi connectivity index (χ2n) is 2.64. The fraction of sp³-hybridized carbons (Fsp3) is 0.200. The van der Waals surface area contributed by atoms with Crippen molar-refractivity contribution in [3.05, 3.63) is 28.2 Å². The van der Waals surface area contributed by atoms with Crippen LogP contribution in [0.5, 0.6) is 5.75 Å². The van der Waals surface area contributed by atoms with E-state index in [9.17, 15) is 0 Å². The van der Waals surface area contributed by atoms with Gasteiger partial charge in [0.1, 0.15) is 0 Å². The van der Waals surface area contributed by atoms with Gasteiger partial charge in [-0.25, -0.2) is 0 Å². The van der Waals surface area contributed by atoms with E-state index in [1.165, 1.54) is 0 Å². The van der Waals surface area contributed by atoms with Crippen molar-refractivity contribution in [1.82, 2.24) is 0 Å². The van der Waals surface area contributed by atoms with E-state index in [1.54, 1.807) is 18.2 Å². The molecule has 0 saturated carbocycles. The summed E-state index contributed by atoms with van der Waals surface area (Å²) in [6, 6.07) is 5.14. The Morgan fingerprint density at radius 2 is 1.56 bits per heavy atom. The van der Waals surface area contributed by atoms with Crippen molar-refractivity contribution in [3.63, 3.8) is 0 Å². The fourth-order valence-corrected chi connectivity index (χ4v) is 1.62. The Kier molecular flexibility index (Phi) is 13.4. The Morgan fingerprint density at radius 1 is 1.17 bits per heavy atom. The van der Waals surface area contributed by atoms with Crippen LogP contribution in [0.15, 0.2) is 18.2 Å². The maximum absolute atomic E-state index is 8.89. The molecule has 8 heteroatoms.